The van der Waals surface area contributed by atoms with Crippen molar-refractivity contribution in [2.75, 3.05) is 39.6 Å². The third-order valence-electron chi connectivity index (χ3n) is 18.1. The van der Waals surface area contributed by atoms with E-state index in [0.717, 1.165) is 205 Å². The van der Waals surface area contributed by atoms with E-state index in [1.807, 2.05) is 0 Å². The Kier molecular flexibility index (Phi) is 81.9. The number of hydrogen-bond donors (Lipinski definition) is 4. The second-order valence-electron chi connectivity index (χ2n) is 28.9. The topological polar surface area (TPSA) is 231 Å². The van der Waals surface area contributed by atoms with Crippen molar-refractivity contribution in [1.82, 2.24) is 0 Å². The molecular weight excluding hydrogens is 1460 g/mol. The highest BCUT2D eigenvalue weighted by atomic mass is 31.2. The van der Waals surface area contributed by atoms with Gasteiger partial charge in [-0.2, -0.15) is 0 Å². The van der Waals surface area contributed by atoms with Crippen LogP contribution in [0.4, 0.5) is 0 Å². The number of aliphatic hydroxyl groups is 2. The molecule has 0 aliphatic rings. The Morgan fingerprint density at radius 3 is 0.743 bits per heavy atom. The molecule has 0 aromatic heterocycles. The number of hydrogen-bond acceptors (Lipinski definition) is 14. The van der Waals surface area contributed by atoms with Gasteiger partial charge in [0.1, 0.15) is 25.4 Å². The van der Waals surface area contributed by atoms with Gasteiger partial charge in [0.25, 0.3) is 0 Å². The minimum absolute atomic E-state index is 0.0838. The summed E-state index contributed by atoms with van der Waals surface area (Å²) in [4.78, 5) is 58.9. The number of carbonyl (C=O) groups is 3. The van der Waals surface area contributed by atoms with Crippen molar-refractivity contribution in [2.45, 2.75) is 360 Å². The van der Waals surface area contributed by atoms with Crippen molar-refractivity contribution in [1.29, 1.82) is 0 Å². The number of unbranched alkanes of at least 4 members (excludes halogenated alkanes) is 29. The van der Waals surface area contributed by atoms with E-state index in [2.05, 4.69) is 203 Å². The molecule has 0 aliphatic carbocycles. The summed E-state index contributed by atoms with van der Waals surface area (Å²) in [6, 6.07) is 0. The number of phosphoric acid groups is 2. The van der Waals surface area contributed by atoms with Crippen molar-refractivity contribution in [3.05, 3.63) is 182 Å². The maximum absolute atomic E-state index is 13.1. The minimum Gasteiger partial charge on any atom is -0.463 e. The maximum atomic E-state index is 13.1. The average molecular weight is 1620 g/mol. The number of ether oxygens (including phenoxy) is 3. The molecule has 0 saturated carbocycles. The lowest BCUT2D eigenvalue weighted by atomic mass is 10.0. The van der Waals surface area contributed by atoms with Gasteiger partial charge in [-0.05, 0) is 161 Å². The summed E-state index contributed by atoms with van der Waals surface area (Å²) in [6.07, 6.45) is 112. The maximum Gasteiger partial charge on any atom is 0.472 e. The highest BCUT2D eigenvalue weighted by Gasteiger charge is 2.29. The third-order valence-corrected chi connectivity index (χ3v) is 20.0. The predicted molar refractivity (Wildman–Crippen MR) is 472 cm³/mol. The van der Waals surface area contributed by atoms with Crippen LogP contribution in [0.15, 0.2) is 182 Å². The molecule has 5 unspecified atom stereocenters. The van der Waals surface area contributed by atoms with Crippen LogP contribution in [0.1, 0.15) is 342 Å². The zero-order valence-corrected chi connectivity index (χ0v) is 72.5. The lowest BCUT2D eigenvalue weighted by Gasteiger charge is -2.21. The molecule has 0 spiro atoms. The van der Waals surface area contributed by atoms with Crippen LogP contribution in [0.25, 0.3) is 0 Å². The van der Waals surface area contributed by atoms with Crippen molar-refractivity contribution < 1.29 is 75.8 Å². The van der Waals surface area contributed by atoms with E-state index < -0.39 is 91.5 Å². The lowest BCUT2D eigenvalue weighted by Crippen LogP contribution is -2.30. The monoisotopic (exact) mass is 1620 g/mol. The van der Waals surface area contributed by atoms with E-state index in [1.54, 1.807) is 0 Å². The van der Waals surface area contributed by atoms with Gasteiger partial charge in [0.2, 0.25) is 0 Å². The molecule has 0 heterocycles. The fourth-order valence-electron chi connectivity index (χ4n) is 11.5. The van der Waals surface area contributed by atoms with Gasteiger partial charge in [-0.3, -0.25) is 32.5 Å². The molecule has 644 valence electrons. The summed E-state index contributed by atoms with van der Waals surface area (Å²) in [7, 11) is -9.82. The third kappa shape index (κ3) is 87.3. The highest BCUT2D eigenvalue weighted by Crippen LogP contribution is 2.45. The second-order valence-corrected chi connectivity index (χ2v) is 31.8. The number of aliphatic hydroxyl groups excluding tert-OH is 2. The largest absolute Gasteiger partial charge is 0.472 e. The predicted octanol–water partition coefficient (Wildman–Crippen LogP) is 26.9. The molecule has 0 saturated heterocycles. The van der Waals surface area contributed by atoms with E-state index in [9.17, 15) is 43.5 Å². The Bertz CT molecular complexity index is 2780. The molecule has 0 aliphatic heterocycles. The van der Waals surface area contributed by atoms with Gasteiger partial charge in [-0.1, -0.05) is 344 Å². The Balaban J connectivity index is 4.64. The SMILES string of the molecule is CC/C=C\C/C=C\C/C=C\C/C=C\C/C=C\C/C=C\CCCCCCCCCCCCCCC(=O)OCC(O)COP(=O)(O)OCC(O)COP(=O)(O)OCC(COC(=O)CCCCCCCCC/C=C\C/C=C\C/C=C\C/C=C\C/C=C\CC)OC(=O)CCCCCCCCC/C=C\C/C=C\C/C=C\C/C=C\CCCCC. The number of allylic oxidation sites excluding steroid dienone is 30. The zero-order chi connectivity index (χ0) is 82.2. The van der Waals surface area contributed by atoms with Crippen molar-refractivity contribution in [2.24, 2.45) is 0 Å². The summed E-state index contributed by atoms with van der Waals surface area (Å²) < 4.78 is 61.4. The first-order valence-corrected chi connectivity index (χ1v) is 47.1. The molecule has 0 fully saturated rings. The standard InChI is InChI=1S/C95H158O16P2/c1-4-7-10-13-16-19-22-25-28-31-34-37-40-41-42-43-44-45-46-47-50-52-54-57-60-63-66-69-72-75-78-81-93(98)105-84-90(96)85-107-112(101,102)108-86-91(97)87-109-113(103,104)110-89-92(111-95(100)83-80-77-74-71-68-65-62-59-56-53-49-39-36-33-30-27-24-21-18-15-12-9-6-3)88-106-94(99)82-79-76-73-70-67-64-61-58-55-51-48-38-35-32-29-26-23-20-17-14-11-8-5-2/h7-8,10-11,16-21,25-30,34-39,41-42,44-45,51,53,55-56,90-92,96-97H,4-6,9,12-15,22-24,31-33,40,43,46-50,52,54,57-89H2,1-3H3,(H,101,102)(H,103,104)/b10-7-,11-8-,19-16-,20-17-,21-18-,28-25-,29-26-,30-27-,37-34-,38-35-,39-36-,42-41-,45-44-,55-51-,56-53-. The molecule has 0 aromatic carbocycles. The molecule has 0 rings (SSSR count). The van der Waals surface area contributed by atoms with Gasteiger partial charge in [0.15, 0.2) is 6.10 Å². The van der Waals surface area contributed by atoms with Gasteiger partial charge in [0, 0.05) is 19.3 Å². The van der Waals surface area contributed by atoms with Gasteiger partial charge in [-0.15, -0.1) is 0 Å². The molecule has 0 radical (unpaired) electrons. The van der Waals surface area contributed by atoms with Gasteiger partial charge < -0.3 is 34.2 Å². The first kappa shape index (κ1) is 108. The molecule has 0 aromatic rings. The summed E-state index contributed by atoms with van der Waals surface area (Å²) in [5.41, 5.74) is 0. The Hall–Kier alpha value is -5.35. The van der Waals surface area contributed by atoms with Crippen LogP contribution in [0.3, 0.4) is 0 Å². The Morgan fingerprint density at radius 2 is 0.469 bits per heavy atom. The van der Waals surface area contributed by atoms with E-state index >= 15 is 0 Å². The number of carbonyl (C=O) groups excluding carboxylic acids is 3. The van der Waals surface area contributed by atoms with Crippen LogP contribution >= 0.6 is 15.6 Å². The summed E-state index contributed by atoms with van der Waals surface area (Å²) >= 11 is 0. The minimum atomic E-state index is -4.95. The van der Waals surface area contributed by atoms with Crippen LogP contribution in [-0.2, 0) is 55.8 Å². The van der Waals surface area contributed by atoms with Crippen molar-refractivity contribution in [3.8, 4) is 0 Å². The Labute approximate surface area is 687 Å². The van der Waals surface area contributed by atoms with Crippen LogP contribution in [0.2, 0.25) is 0 Å². The normalized spacial score (nSPS) is 14.7. The van der Waals surface area contributed by atoms with Gasteiger partial charge in [0.05, 0.1) is 26.4 Å². The van der Waals surface area contributed by atoms with E-state index in [4.69, 9.17) is 32.3 Å². The van der Waals surface area contributed by atoms with E-state index in [1.165, 1.54) is 77.0 Å². The molecule has 0 amide bonds. The van der Waals surface area contributed by atoms with Crippen LogP contribution in [0.5, 0.6) is 0 Å². The van der Waals surface area contributed by atoms with Crippen molar-refractivity contribution >= 4 is 33.6 Å². The van der Waals surface area contributed by atoms with Crippen LogP contribution in [0, 0.1) is 0 Å². The smallest absolute Gasteiger partial charge is 0.463 e. The lowest BCUT2D eigenvalue weighted by molar-refractivity contribution is -0.161. The number of rotatable bonds is 82. The van der Waals surface area contributed by atoms with E-state index in [0.29, 0.717) is 19.3 Å². The second kappa shape index (κ2) is 86.0. The Morgan fingerprint density at radius 1 is 0.257 bits per heavy atom. The number of esters is 3. The fraction of sp³-hybridized carbons (Fsp3) is 0.653. The molecule has 113 heavy (non-hydrogen) atoms. The zero-order valence-electron chi connectivity index (χ0n) is 70.7. The van der Waals surface area contributed by atoms with Gasteiger partial charge in [-0.25, -0.2) is 9.13 Å². The molecule has 16 nitrogen and oxygen atoms in total. The summed E-state index contributed by atoms with van der Waals surface area (Å²) in [5.74, 6) is -1.60. The average Bonchev–Trinajstić information content (AvgIpc) is 0.903. The molecule has 5 atom stereocenters. The highest BCUT2D eigenvalue weighted by molar-refractivity contribution is 7.47. The van der Waals surface area contributed by atoms with Gasteiger partial charge >= 0.3 is 33.6 Å². The molecular formula is C95H158O16P2. The van der Waals surface area contributed by atoms with E-state index in [-0.39, 0.29) is 19.3 Å². The van der Waals surface area contributed by atoms with Crippen LogP contribution in [-0.4, -0.2) is 95.9 Å². The quantitative estimate of drug-likeness (QED) is 0.0146. The molecule has 18 heteroatoms. The molecule has 4 N–H and O–H groups in total. The summed E-state index contributed by atoms with van der Waals surface area (Å²) in [6.45, 7) is 2.42. The first-order valence-electron chi connectivity index (χ1n) is 44.1. The van der Waals surface area contributed by atoms with Crippen molar-refractivity contribution in [3.63, 3.8) is 0 Å². The first-order chi connectivity index (χ1) is 55.2. The summed E-state index contributed by atoms with van der Waals surface area (Å²) in [5, 5.41) is 20.7. The van der Waals surface area contributed by atoms with Crippen LogP contribution < -0.4 is 0 Å². The molecule has 0 bridgehead atoms. The number of phosphoric ester groups is 2. The fourth-order valence-corrected chi connectivity index (χ4v) is 13.1.